The van der Waals surface area contributed by atoms with Crippen molar-refractivity contribution in [2.75, 3.05) is 6.54 Å². The van der Waals surface area contributed by atoms with Gasteiger partial charge in [-0.3, -0.25) is 4.68 Å². The molecule has 1 N–H and O–H groups in total. The van der Waals surface area contributed by atoms with E-state index in [1.807, 2.05) is 6.92 Å². The summed E-state index contributed by atoms with van der Waals surface area (Å²) < 4.78 is 27.6. The largest absolute Gasteiger partial charge is 0.274 e. The van der Waals surface area contributed by atoms with Crippen molar-refractivity contribution in [3.63, 3.8) is 0 Å². The molecule has 1 rings (SSSR count). The highest BCUT2D eigenvalue weighted by molar-refractivity contribution is 7.89. The van der Waals surface area contributed by atoms with E-state index in [0.717, 1.165) is 12.8 Å². The number of sulfonamides is 1. The van der Waals surface area contributed by atoms with Gasteiger partial charge >= 0.3 is 0 Å². The van der Waals surface area contributed by atoms with E-state index in [2.05, 4.69) is 9.82 Å². The van der Waals surface area contributed by atoms with Gasteiger partial charge in [-0.1, -0.05) is 13.3 Å². The van der Waals surface area contributed by atoms with Crippen LogP contribution in [0.5, 0.6) is 0 Å². The van der Waals surface area contributed by atoms with Crippen LogP contribution in [-0.4, -0.2) is 24.7 Å². The number of aryl methyl sites for hydroxylation is 2. The van der Waals surface area contributed by atoms with Gasteiger partial charge in [0.15, 0.2) is 0 Å². The molecule has 0 spiro atoms. The molecule has 0 saturated carbocycles. The van der Waals surface area contributed by atoms with Gasteiger partial charge < -0.3 is 0 Å². The zero-order valence-electron chi connectivity index (χ0n) is 9.32. The maximum Gasteiger partial charge on any atom is 0.243 e. The lowest BCUT2D eigenvalue weighted by Gasteiger charge is -2.03. The van der Waals surface area contributed by atoms with Crippen molar-refractivity contribution in [2.24, 2.45) is 7.05 Å². The summed E-state index contributed by atoms with van der Waals surface area (Å²) in [6.45, 7) is 4.19. The Morgan fingerprint density at radius 2 is 2.20 bits per heavy atom. The maximum absolute atomic E-state index is 11.8. The van der Waals surface area contributed by atoms with Crippen LogP contribution in [0.15, 0.2) is 11.1 Å². The summed E-state index contributed by atoms with van der Waals surface area (Å²) in [5.41, 5.74) is 0.529. The van der Waals surface area contributed by atoms with Gasteiger partial charge in [-0.25, -0.2) is 13.1 Å². The maximum atomic E-state index is 11.8. The molecule has 0 aliphatic rings. The lowest BCUT2D eigenvalue weighted by molar-refractivity contribution is 0.577. The van der Waals surface area contributed by atoms with Gasteiger partial charge in [-0.05, 0) is 13.3 Å². The molecule has 0 amide bonds. The molecule has 0 aliphatic carbocycles. The molecule has 1 aromatic rings. The van der Waals surface area contributed by atoms with Crippen LogP contribution in [0.25, 0.3) is 0 Å². The fourth-order valence-corrected chi connectivity index (χ4v) is 2.59. The highest BCUT2D eigenvalue weighted by Crippen LogP contribution is 2.11. The Morgan fingerprint density at radius 1 is 1.53 bits per heavy atom. The molecule has 0 aromatic carbocycles. The van der Waals surface area contributed by atoms with Crippen molar-refractivity contribution < 1.29 is 8.42 Å². The standard InChI is InChI=1S/C9H17N3O2S/c1-4-5-6-10-15(13,14)9-7-12(3)11-8(9)2/h7,10H,4-6H2,1-3H3. The topological polar surface area (TPSA) is 64.0 Å². The predicted molar refractivity (Wildman–Crippen MR) is 58.0 cm³/mol. The van der Waals surface area contributed by atoms with E-state index in [1.165, 1.54) is 10.9 Å². The number of aromatic nitrogens is 2. The summed E-state index contributed by atoms with van der Waals surface area (Å²) in [4.78, 5) is 0.265. The Hall–Kier alpha value is -0.880. The molecule has 1 aromatic heterocycles. The third-order valence-corrected chi connectivity index (χ3v) is 3.64. The average Bonchev–Trinajstić information content (AvgIpc) is 2.46. The van der Waals surface area contributed by atoms with Crippen LogP contribution in [0.1, 0.15) is 25.5 Å². The molecular formula is C9H17N3O2S. The highest BCUT2D eigenvalue weighted by Gasteiger charge is 2.18. The van der Waals surface area contributed by atoms with E-state index in [9.17, 15) is 8.42 Å². The van der Waals surface area contributed by atoms with Crippen LogP contribution in [0.2, 0.25) is 0 Å². The Labute approximate surface area is 90.5 Å². The first-order valence-electron chi connectivity index (χ1n) is 4.97. The molecule has 5 nitrogen and oxygen atoms in total. The van der Waals surface area contributed by atoms with Crippen LogP contribution in [0.3, 0.4) is 0 Å². The highest BCUT2D eigenvalue weighted by atomic mass is 32.2. The van der Waals surface area contributed by atoms with Gasteiger partial charge in [0, 0.05) is 19.8 Å². The minimum absolute atomic E-state index is 0.265. The van der Waals surface area contributed by atoms with Gasteiger partial charge in [-0.2, -0.15) is 5.10 Å². The number of nitrogens with one attached hydrogen (secondary N) is 1. The first-order chi connectivity index (χ1) is 6.97. The van der Waals surface area contributed by atoms with Crippen molar-refractivity contribution in [3.05, 3.63) is 11.9 Å². The molecule has 0 aliphatic heterocycles. The van der Waals surface area contributed by atoms with Crippen molar-refractivity contribution in [3.8, 4) is 0 Å². The van der Waals surface area contributed by atoms with Crippen LogP contribution >= 0.6 is 0 Å². The summed E-state index contributed by atoms with van der Waals surface area (Å²) in [5.74, 6) is 0. The number of nitrogens with zero attached hydrogens (tertiary/aromatic N) is 2. The molecule has 0 unspecified atom stereocenters. The van der Waals surface area contributed by atoms with Gasteiger partial charge in [0.05, 0.1) is 5.69 Å². The van der Waals surface area contributed by atoms with Crippen LogP contribution < -0.4 is 4.72 Å². The van der Waals surface area contributed by atoms with Crippen molar-refractivity contribution in [1.29, 1.82) is 0 Å². The van der Waals surface area contributed by atoms with Crippen molar-refractivity contribution >= 4 is 10.0 Å². The van der Waals surface area contributed by atoms with Gasteiger partial charge in [-0.15, -0.1) is 0 Å². The van der Waals surface area contributed by atoms with E-state index in [1.54, 1.807) is 14.0 Å². The van der Waals surface area contributed by atoms with E-state index in [0.29, 0.717) is 12.2 Å². The quantitative estimate of drug-likeness (QED) is 0.763. The predicted octanol–water partition coefficient (Wildman–Crippen LogP) is 0.807. The molecule has 0 radical (unpaired) electrons. The molecule has 0 fully saturated rings. The Balaban J connectivity index is 2.82. The molecule has 0 saturated heterocycles. The summed E-state index contributed by atoms with van der Waals surface area (Å²) in [6.07, 6.45) is 3.33. The monoisotopic (exact) mass is 231 g/mol. The summed E-state index contributed by atoms with van der Waals surface area (Å²) in [6, 6.07) is 0. The number of hydrogen-bond donors (Lipinski definition) is 1. The third-order valence-electron chi connectivity index (χ3n) is 2.08. The normalized spacial score (nSPS) is 11.9. The summed E-state index contributed by atoms with van der Waals surface area (Å²) in [5, 5.41) is 4.00. The first kappa shape index (κ1) is 12.2. The smallest absolute Gasteiger partial charge is 0.243 e. The minimum Gasteiger partial charge on any atom is -0.274 e. The molecule has 0 bridgehead atoms. The Morgan fingerprint density at radius 3 is 2.67 bits per heavy atom. The molecular weight excluding hydrogens is 214 g/mol. The zero-order chi connectivity index (χ0) is 11.5. The zero-order valence-corrected chi connectivity index (χ0v) is 10.1. The fourth-order valence-electron chi connectivity index (χ4n) is 1.30. The van der Waals surface area contributed by atoms with E-state index < -0.39 is 10.0 Å². The minimum atomic E-state index is -3.38. The summed E-state index contributed by atoms with van der Waals surface area (Å²) in [7, 11) is -1.67. The SMILES string of the molecule is CCCCNS(=O)(=O)c1cn(C)nc1C. The number of hydrogen-bond acceptors (Lipinski definition) is 3. The van der Waals surface area contributed by atoms with Crippen LogP contribution in [0, 0.1) is 6.92 Å². The average molecular weight is 231 g/mol. The Bertz CT molecular complexity index is 423. The molecule has 86 valence electrons. The molecule has 0 atom stereocenters. The molecule has 1 heterocycles. The van der Waals surface area contributed by atoms with E-state index >= 15 is 0 Å². The second-order valence-electron chi connectivity index (χ2n) is 3.50. The van der Waals surface area contributed by atoms with Gasteiger partial charge in [0.2, 0.25) is 10.0 Å². The van der Waals surface area contributed by atoms with Gasteiger partial charge in [0.1, 0.15) is 4.90 Å². The number of unbranched alkanes of at least 4 members (excludes halogenated alkanes) is 1. The van der Waals surface area contributed by atoms with Gasteiger partial charge in [0.25, 0.3) is 0 Å². The summed E-state index contributed by atoms with van der Waals surface area (Å²) >= 11 is 0. The van der Waals surface area contributed by atoms with Crippen LogP contribution in [0.4, 0.5) is 0 Å². The second kappa shape index (κ2) is 4.76. The fraction of sp³-hybridized carbons (Fsp3) is 0.667. The van der Waals surface area contributed by atoms with Crippen molar-refractivity contribution in [2.45, 2.75) is 31.6 Å². The molecule has 15 heavy (non-hydrogen) atoms. The lowest BCUT2D eigenvalue weighted by Crippen LogP contribution is -2.24. The Kier molecular flexibility index (Phi) is 3.87. The first-order valence-corrected chi connectivity index (χ1v) is 6.45. The third kappa shape index (κ3) is 3.04. The van der Waals surface area contributed by atoms with E-state index in [4.69, 9.17) is 0 Å². The second-order valence-corrected chi connectivity index (χ2v) is 5.24. The van der Waals surface area contributed by atoms with Crippen LogP contribution in [-0.2, 0) is 17.1 Å². The molecule has 6 heteroatoms. The lowest BCUT2D eigenvalue weighted by atomic mass is 10.3. The number of rotatable bonds is 5. The van der Waals surface area contributed by atoms with Crippen molar-refractivity contribution in [1.82, 2.24) is 14.5 Å². The van der Waals surface area contributed by atoms with E-state index in [-0.39, 0.29) is 4.90 Å².